The van der Waals surface area contributed by atoms with E-state index in [-0.39, 0.29) is 41.6 Å². The lowest BCUT2D eigenvalue weighted by atomic mass is 10.1. The third-order valence-corrected chi connectivity index (χ3v) is 7.89. The minimum atomic E-state index is -0.601. The number of pyridine rings is 1. The Morgan fingerprint density at radius 1 is 1.07 bits per heavy atom. The Hall–Kier alpha value is -4.83. The highest BCUT2D eigenvalue weighted by Gasteiger charge is 2.29. The molecule has 1 atom stereocenters. The molecule has 0 aliphatic carbocycles. The predicted molar refractivity (Wildman–Crippen MR) is 155 cm³/mol. The van der Waals surface area contributed by atoms with Gasteiger partial charge >= 0.3 is 0 Å². The first kappa shape index (κ1) is 28.3. The van der Waals surface area contributed by atoms with Crippen LogP contribution in [0.1, 0.15) is 24.8 Å². The van der Waals surface area contributed by atoms with Crippen molar-refractivity contribution < 1.29 is 18.7 Å². The van der Waals surface area contributed by atoms with E-state index < -0.39 is 11.6 Å². The summed E-state index contributed by atoms with van der Waals surface area (Å²) < 4.78 is 31.9. The van der Waals surface area contributed by atoms with Gasteiger partial charge in [0.25, 0.3) is 0 Å². The molecule has 3 aromatic heterocycles. The molecule has 11 nitrogen and oxygen atoms in total. The van der Waals surface area contributed by atoms with Crippen LogP contribution in [0.2, 0.25) is 0 Å². The van der Waals surface area contributed by atoms with Gasteiger partial charge in [-0.3, -0.25) is 14.1 Å². The number of hydrogen-bond acceptors (Lipinski definition) is 9. The van der Waals surface area contributed by atoms with E-state index in [1.165, 1.54) is 22.9 Å². The van der Waals surface area contributed by atoms with Crippen LogP contribution in [0.5, 0.6) is 5.75 Å². The first-order valence-corrected chi connectivity index (χ1v) is 14.2. The Labute approximate surface area is 247 Å². The quantitative estimate of drug-likeness (QED) is 0.335. The number of phenols is 1. The second-order valence-electron chi connectivity index (χ2n) is 10.8. The number of nitriles is 1. The molecule has 1 aromatic carbocycles. The summed E-state index contributed by atoms with van der Waals surface area (Å²) >= 11 is 0. The van der Waals surface area contributed by atoms with Gasteiger partial charge in [-0.15, -0.1) is 0 Å². The van der Waals surface area contributed by atoms with E-state index in [1.807, 2.05) is 23.1 Å². The maximum atomic E-state index is 16.2. The number of carbonyl (C=O) groups excluding carboxylic acids is 1. The monoisotopic (exact) mass is 587 g/mol. The van der Waals surface area contributed by atoms with Gasteiger partial charge in [-0.05, 0) is 42.7 Å². The number of benzene rings is 1. The molecule has 2 aliphatic rings. The van der Waals surface area contributed by atoms with Gasteiger partial charge in [-0.25, -0.2) is 19.3 Å². The number of piperidine rings is 1. The van der Waals surface area contributed by atoms with Crippen molar-refractivity contribution >= 4 is 23.2 Å². The van der Waals surface area contributed by atoms with Crippen molar-refractivity contribution in [1.82, 2.24) is 29.2 Å². The molecule has 2 aliphatic heterocycles. The molecule has 2 fully saturated rings. The third kappa shape index (κ3) is 6.19. The fraction of sp³-hybridized carbons (Fsp3) is 0.367. The van der Waals surface area contributed by atoms with Crippen LogP contribution in [-0.2, 0) is 11.3 Å². The number of fused-ring (bicyclic) bond motifs is 1. The summed E-state index contributed by atoms with van der Waals surface area (Å²) in [6.07, 6.45) is 4.03. The largest absolute Gasteiger partial charge is 0.508 e. The number of likely N-dealkylation sites (tertiary alicyclic amines) is 1. The minimum absolute atomic E-state index is 0.00235. The number of halogens is 2. The number of nitrogens with one attached hydrogen (secondary N) is 1. The highest BCUT2D eigenvalue weighted by atomic mass is 19.1. The van der Waals surface area contributed by atoms with Crippen LogP contribution in [0.3, 0.4) is 0 Å². The molecule has 1 unspecified atom stereocenters. The van der Waals surface area contributed by atoms with Crippen LogP contribution < -0.4 is 10.2 Å². The summed E-state index contributed by atoms with van der Waals surface area (Å²) in [5.41, 5.74) is 1.99. The van der Waals surface area contributed by atoms with Crippen molar-refractivity contribution in [3.8, 4) is 23.3 Å². The zero-order valence-corrected chi connectivity index (χ0v) is 23.5. The maximum Gasteiger partial charge on any atom is 0.236 e. The number of imidazole rings is 1. The second kappa shape index (κ2) is 12.2. The third-order valence-electron chi connectivity index (χ3n) is 7.89. The van der Waals surface area contributed by atoms with Crippen molar-refractivity contribution in [2.24, 2.45) is 0 Å². The van der Waals surface area contributed by atoms with E-state index in [0.29, 0.717) is 70.0 Å². The molecular formula is C30H31F2N9O2. The van der Waals surface area contributed by atoms with Crippen LogP contribution in [0, 0.1) is 23.0 Å². The summed E-state index contributed by atoms with van der Waals surface area (Å²) in [7, 11) is 0. The average Bonchev–Trinajstić information content (AvgIpc) is 3.43. The van der Waals surface area contributed by atoms with Gasteiger partial charge in [0, 0.05) is 58.1 Å². The molecule has 0 radical (unpaired) electrons. The van der Waals surface area contributed by atoms with Crippen LogP contribution in [0.15, 0.2) is 48.8 Å². The standard InChI is InChI=1S/C30H31F2N9O2/c31-21-5-8-25-34-16-24(41(25)18-21)28-36-29(35-22-2-1-11-40(19-22)26(43)9-10-33)27(32)30(37-28)39-14-12-38(13-15-39)17-20-3-6-23(42)7-4-20/h3-8,16,18,22,42H,1-2,9,11-15,17,19H2,(H,35,36,37). The fourth-order valence-corrected chi connectivity index (χ4v) is 5.65. The number of piperazine rings is 1. The number of carbonyl (C=O) groups is 1. The topological polar surface area (TPSA) is 126 Å². The van der Waals surface area contributed by atoms with Gasteiger partial charge in [0.2, 0.25) is 11.7 Å². The van der Waals surface area contributed by atoms with E-state index in [0.717, 1.165) is 5.56 Å². The number of rotatable bonds is 7. The lowest BCUT2D eigenvalue weighted by Gasteiger charge is -2.36. The van der Waals surface area contributed by atoms with E-state index in [1.54, 1.807) is 23.1 Å². The van der Waals surface area contributed by atoms with Gasteiger partial charge in [0.1, 0.15) is 29.3 Å². The number of phenolic OH excluding ortho intramolecular Hbond substituents is 1. The normalized spacial score (nSPS) is 17.7. The first-order valence-electron chi connectivity index (χ1n) is 14.2. The van der Waals surface area contributed by atoms with Crippen molar-refractivity contribution in [3.05, 3.63) is 66.0 Å². The average molecular weight is 588 g/mol. The van der Waals surface area contributed by atoms with Crippen molar-refractivity contribution in [2.45, 2.75) is 31.8 Å². The van der Waals surface area contributed by atoms with E-state index in [4.69, 9.17) is 5.26 Å². The fourth-order valence-electron chi connectivity index (χ4n) is 5.65. The van der Waals surface area contributed by atoms with Gasteiger partial charge < -0.3 is 20.2 Å². The minimum Gasteiger partial charge on any atom is -0.508 e. The highest BCUT2D eigenvalue weighted by molar-refractivity contribution is 5.78. The van der Waals surface area contributed by atoms with Crippen molar-refractivity contribution in [1.29, 1.82) is 5.26 Å². The number of aromatic nitrogens is 4. The Morgan fingerprint density at radius 2 is 1.86 bits per heavy atom. The predicted octanol–water partition coefficient (Wildman–Crippen LogP) is 3.41. The number of nitrogens with zero attached hydrogens (tertiary/aromatic N) is 8. The Balaban J connectivity index is 1.28. The summed E-state index contributed by atoms with van der Waals surface area (Å²) in [5, 5.41) is 21.7. The molecule has 5 heterocycles. The molecule has 4 aromatic rings. The molecule has 222 valence electrons. The number of amides is 1. The molecular weight excluding hydrogens is 556 g/mol. The van der Waals surface area contributed by atoms with Crippen molar-refractivity contribution in [2.75, 3.05) is 49.5 Å². The molecule has 2 N–H and O–H groups in total. The van der Waals surface area contributed by atoms with Gasteiger partial charge in [-0.2, -0.15) is 9.65 Å². The van der Waals surface area contributed by atoms with Crippen LogP contribution in [0.25, 0.3) is 17.2 Å². The molecule has 0 spiro atoms. The van der Waals surface area contributed by atoms with E-state index in [2.05, 4.69) is 25.2 Å². The Bertz CT molecular complexity index is 1660. The van der Waals surface area contributed by atoms with Crippen LogP contribution >= 0.6 is 0 Å². The van der Waals surface area contributed by atoms with E-state index in [9.17, 15) is 14.3 Å². The highest BCUT2D eigenvalue weighted by Crippen LogP contribution is 2.30. The number of hydrogen-bond donors (Lipinski definition) is 2. The summed E-state index contributed by atoms with van der Waals surface area (Å²) in [6, 6.07) is 11.6. The lowest BCUT2D eigenvalue weighted by molar-refractivity contribution is -0.131. The summed E-state index contributed by atoms with van der Waals surface area (Å²) in [5.74, 6) is -0.767. The number of aromatic hydroxyl groups is 1. The zero-order valence-electron chi connectivity index (χ0n) is 23.5. The summed E-state index contributed by atoms with van der Waals surface area (Å²) in [4.78, 5) is 31.6. The smallest absolute Gasteiger partial charge is 0.236 e. The SMILES string of the molecule is N#CCC(=O)N1CCCC(Nc2nc(-c3cnc4ccc(F)cn34)nc(N3CCN(Cc4ccc(O)cc4)CC3)c2F)C1. The van der Waals surface area contributed by atoms with Gasteiger partial charge in [0.15, 0.2) is 17.5 Å². The zero-order chi connectivity index (χ0) is 29.9. The molecule has 13 heteroatoms. The van der Waals surface area contributed by atoms with Gasteiger partial charge in [0.05, 0.1) is 12.3 Å². The van der Waals surface area contributed by atoms with Gasteiger partial charge in [-0.1, -0.05) is 12.1 Å². The molecule has 2 saturated heterocycles. The lowest BCUT2D eigenvalue weighted by Crippen LogP contribution is -2.47. The van der Waals surface area contributed by atoms with Crippen molar-refractivity contribution in [3.63, 3.8) is 0 Å². The summed E-state index contributed by atoms with van der Waals surface area (Å²) in [6.45, 7) is 3.95. The van der Waals surface area contributed by atoms with E-state index >= 15 is 4.39 Å². The molecule has 0 bridgehead atoms. The second-order valence-corrected chi connectivity index (χ2v) is 10.8. The Morgan fingerprint density at radius 3 is 2.63 bits per heavy atom. The maximum absolute atomic E-state index is 16.2. The number of anilines is 2. The molecule has 43 heavy (non-hydrogen) atoms. The van der Waals surface area contributed by atoms with Crippen LogP contribution in [-0.4, -0.2) is 85.5 Å². The Kier molecular flexibility index (Phi) is 8.02. The first-order chi connectivity index (χ1) is 20.9. The molecule has 6 rings (SSSR count). The molecule has 1 amide bonds. The molecule has 0 saturated carbocycles. The van der Waals surface area contributed by atoms with Crippen LogP contribution in [0.4, 0.5) is 20.4 Å².